The van der Waals surface area contributed by atoms with Gasteiger partial charge in [0.15, 0.2) is 0 Å². The van der Waals surface area contributed by atoms with Crippen LogP contribution in [-0.4, -0.2) is 35.6 Å². The first-order valence-corrected chi connectivity index (χ1v) is 7.88. The van der Waals surface area contributed by atoms with Crippen LogP contribution in [-0.2, 0) is 17.8 Å². The van der Waals surface area contributed by atoms with E-state index in [4.69, 9.17) is 4.98 Å². The van der Waals surface area contributed by atoms with E-state index in [9.17, 15) is 4.79 Å². The van der Waals surface area contributed by atoms with Gasteiger partial charge in [0.25, 0.3) is 0 Å². The van der Waals surface area contributed by atoms with Crippen molar-refractivity contribution in [2.45, 2.75) is 33.7 Å². The summed E-state index contributed by atoms with van der Waals surface area (Å²) >= 11 is 0. The van der Waals surface area contributed by atoms with Gasteiger partial charge in [-0.05, 0) is 37.6 Å². The molecule has 1 aromatic carbocycles. The van der Waals surface area contributed by atoms with E-state index in [0.29, 0.717) is 19.0 Å². The van der Waals surface area contributed by atoms with E-state index in [0.717, 1.165) is 29.8 Å². The monoisotopic (exact) mass is 302 g/mol. The predicted octanol–water partition coefficient (Wildman–Crippen LogP) is 1.88. The van der Waals surface area contributed by atoms with E-state index in [2.05, 4.69) is 49.6 Å². The van der Waals surface area contributed by atoms with Gasteiger partial charge in [-0.3, -0.25) is 4.79 Å². The average molecular weight is 302 g/mol. The highest BCUT2D eigenvalue weighted by Gasteiger charge is 2.13. The van der Waals surface area contributed by atoms with Crippen molar-refractivity contribution in [3.63, 3.8) is 0 Å². The average Bonchev–Trinajstić information content (AvgIpc) is 2.80. The molecule has 0 aliphatic carbocycles. The summed E-state index contributed by atoms with van der Waals surface area (Å²) in [6.45, 7) is 8.11. The first kappa shape index (κ1) is 16.5. The van der Waals surface area contributed by atoms with Crippen LogP contribution >= 0.6 is 0 Å². The second-order valence-corrected chi connectivity index (χ2v) is 6.16. The highest BCUT2D eigenvalue weighted by atomic mass is 16.1. The molecular weight excluding hydrogens is 276 g/mol. The van der Waals surface area contributed by atoms with Crippen molar-refractivity contribution < 1.29 is 4.79 Å². The smallest absolute Gasteiger partial charge is 0.240 e. The minimum atomic E-state index is 0.0410. The molecule has 0 unspecified atom stereocenters. The Morgan fingerprint density at radius 2 is 2.14 bits per heavy atom. The summed E-state index contributed by atoms with van der Waals surface area (Å²) in [7, 11) is 1.92. The third-order valence-corrected chi connectivity index (χ3v) is 3.59. The van der Waals surface area contributed by atoms with Crippen LogP contribution in [0.2, 0.25) is 0 Å². The number of carbonyl (C=O) groups is 1. The summed E-state index contributed by atoms with van der Waals surface area (Å²) in [5.74, 6) is 1.45. The van der Waals surface area contributed by atoms with Crippen molar-refractivity contribution in [2.75, 3.05) is 20.1 Å². The van der Waals surface area contributed by atoms with Gasteiger partial charge in [-0.15, -0.1) is 0 Å². The van der Waals surface area contributed by atoms with Crippen LogP contribution in [0.25, 0.3) is 11.0 Å². The molecule has 2 N–H and O–H groups in total. The second-order valence-electron chi connectivity index (χ2n) is 6.16. The quantitative estimate of drug-likeness (QED) is 0.821. The Bertz CT molecular complexity index is 645. The third kappa shape index (κ3) is 4.07. The standard InChI is InChI=1S/C17H26N4O/c1-12(2)10-19-17(22)11-21-15-6-5-13(3)9-14(15)20-16(21)7-8-18-4/h5-6,9,12,18H,7-8,10-11H2,1-4H3,(H,19,22). The number of rotatable bonds is 7. The van der Waals surface area contributed by atoms with Crippen molar-refractivity contribution in [3.05, 3.63) is 29.6 Å². The van der Waals surface area contributed by atoms with Crippen LogP contribution in [0.5, 0.6) is 0 Å². The Morgan fingerprint density at radius 3 is 2.82 bits per heavy atom. The van der Waals surface area contributed by atoms with Crippen LogP contribution in [0.15, 0.2) is 18.2 Å². The van der Waals surface area contributed by atoms with Crippen molar-refractivity contribution in [2.24, 2.45) is 5.92 Å². The fraction of sp³-hybridized carbons (Fsp3) is 0.529. The number of aryl methyl sites for hydroxylation is 1. The summed E-state index contributed by atoms with van der Waals surface area (Å²) in [5.41, 5.74) is 3.17. The number of amides is 1. The van der Waals surface area contributed by atoms with E-state index < -0.39 is 0 Å². The Balaban J connectivity index is 2.26. The number of nitrogens with zero attached hydrogens (tertiary/aromatic N) is 2. The van der Waals surface area contributed by atoms with E-state index in [1.54, 1.807) is 0 Å². The number of aromatic nitrogens is 2. The molecule has 22 heavy (non-hydrogen) atoms. The third-order valence-electron chi connectivity index (χ3n) is 3.59. The molecule has 2 rings (SSSR count). The van der Waals surface area contributed by atoms with Crippen molar-refractivity contribution in [1.82, 2.24) is 20.2 Å². The molecule has 0 aliphatic heterocycles. The number of nitrogens with one attached hydrogen (secondary N) is 2. The molecule has 5 nitrogen and oxygen atoms in total. The van der Waals surface area contributed by atoms with E-state index >= 15 is 0 Å². The van der Waals surface area contributed by atoms with Gasteiger partial charge in [0.05, 0.1) is 11.0 Å². The fourth-order valence-corrected chi connectivity index (χ4v) is 2.41. The van der Waals surface area contributed by atoms with Crippen molar-refractivity contribution in [3.8, 4) is 0 Å². The largest absolute Gasteiger partial charge is 0.354 e. The van der Waals surface area contributed by atoms with Gasteiger partial charge in [-0.25, -0.2) is 4.98 Å². The maximum Gasteiger partial charge on any atom is 0.240 e. The number of likely N-dealkylation sites (N-methyl/N-ethyl adjacent to an activating group) is 1. The summed E-state index contributed by atoms with van der Waals surface area (Å²) in [6, 6.07) is 6.19. The van der Waals surface area contributed by atoms with Crippen LogP contribution in [0.1, 0.15) is 25.2 Å². The van der Waals surface area contributed by atoms with Gasteiger partial charge in [0.1, 0.15) is 12.4 Å². The van der Waals surface area contributed by atoms with Crippen molar-refractivity contribution >= 4 is 16.9 Å². The minimum absolute atomic E-state index is 0.0410. The van der Waals surface area contributed by atoms with Crippen molar-refractivity contribution in [1.29, 1.82) is 0 Å². The van der Waals surface area contributed by atoms with Gasteiger partial charge < -0.3 is 15.2 Å². The van der Waals surface area contributed by atoms with E-state index in [1.807, 2.05) is 11.6 Å². The molecule has 1 aromatic heterocycles. The lowest BCUT2D eigenvalue weighted by atomic mass is 10.2. The summed E-state index contributed by atoms with van der Waals surface area (Å²) in [4.78, 5) is 16.9. The Morgan fingerprint density at radius 1 is 1.36 bits per heavy atom. The summed E-state index contributed by atoms with van der Waals surface area (Å²) in [5, 5.41) is 6.12. The van der Waals surface area contributed by atoms with Crippen LogP contribution in [0.4, 0.5) is 0 Å². The molecule has 0 atom stereocenters. The number of hydrogen-bond donors (Lipinski definition) is 2. The molecular formula is C17H26N4O. The number of fused-ring (bicyclic) bond motifs is 1. The SMILES string of the molecule is CNCCc1nc2cc(C)ccc2n1CC(=O)NCC(C)C. The molecule has 120 valence electrons. The zero-order valence-corrected chi connectivity index (χ0v) is 13.9. The molecule has 0 saturated heterocycles. The summed E-state index contributed by atoms with van der Waals surface area (Å²) < 4.78 is 2.03. The molecule has 0 radical (unpaired) electrons. The maximum atomic E-state index is 12.2. The van der Waals surface area contributed by atoms with Gasteiger partial charge in [0, 0.05) is 19.5 Å². The Labute approximate surface area is 132 Å². The Hall–Kier alpha value is -1.88. The lowest BCUT2D eigenvalue weighted by molar-refractivity contribution is -0.121. The number of imidazole rings is 1. The van der Waals surface area contributed by atoms with Gasteiger partial charge in [-0.1, -0.05) is 19.9 Å². The Kier molecular flexibility index (Phi) is 5.55. The van der Waals surface area contributed by atoms with E-state index in [-0.39, 0.29) is 5.91 Å². The zero-order chi connectivity index (χ0) is 16.1. The molecule has 0 aliphatic rings. The molecule has 0 fully saturated rings. The highest BCUT2D eigenvalue weighted by molar-refractivity contribution is 5.81. The van der Waals surface area contributed by atoms with Gasteiger partial charge in [0.2, 0.25) is 5.91 Å². The van der Waals surface area contributed by atoms with Crippen LogP contribution < -0.4 is 10.6 Å². The van der Waals surface area contributed by atoms with Gasteiger partial charge >= 0.3 is 0 Å². The van der Waals surface area contributed by atoms with Gasteiger partial charge in [-0.2, -0.15) is 0 Å². The normalized spacial score (nSPS) is 11.3. The molecule has 1 heterocycles. The summed E-state index contributed by atoms with van der Waals surface area (Å²) in [6.07, 6.45) is 0.807. The molecule has 2 aromatic rings. The maximum absolute atomic E-state index is 12.2. The number of hydrogen-bond acceptors (Lipinski definition) is 3. The van der Waals surface area contributed by atoms with Crippen LogP contribution in [0.3, 0.4) is 0 Å². The number of carbonyl (C=O) groups excluding carboxylic acids is 1. The molecule has 0 saturated carbocycles. The lowest BCUT2D eigenvalue weighted by Crippen LogP contribution is -2.31. The topological polar surface area (TPSA) is 59.0 Å². The van der Waals surface area contributed by atoms with Crippen LogP contribution in [0, 0.1) is 12.8 Å². The molecule has 1 amide bonds. The molecule has 5 heteroatoms. The van der Waals surface area contributed by atoms with E-state index in [1.165, 1.54) is 5.56 Å². The highest BCUT2D eigenvalue weighted by Crippen LogP contribution is 2.18. The zero-order valence-electron chi connectivity index (χ0n) is 13.9. The molecule has 0 spiro atoms. The predicted molar refractivity (Wildman–Crippen MR) is 89.9 cm³/mol. The first-order chi connectivity index (χ1) is 10.5. The first-order valence-electron chi connectivity index (χ1n) is 7.88. The fourth-order valence-electron chi connectivity index (χ4n) is 2.41. The number of benzene rings is 1. The lowest BCUT2D eigenvalue weighted by Gasteiger charge is -2.11. The second kappa shape index (κ2) is 7.40. The minimum Gasteiger partial charge on any atom is -0.354 e. The molecule has 0 bridgehead atoms.